The van der Waals surface area contributed by atoms with Crippen molar-refractivity contribution in [2.45, 2.75) is 5.03 Å². The first-order valence-electron chi connectivity index (χ1n) is 3.74. The van der Waals surface area contributed by atoms with Gasteiger partial charge in [-0.3, -0.25) is 0 Å². The van der Waals surface area contributed by atoms with Crippen molar-refractivity contribution >= 4 is 15.5 Å². The SMILES string of the molecule is CN(C)c1ccc(S(C)(=O)=O)nc1. The van der Waals surface area contributed by atoms with Gasteiger partial charge < -0.3 is 4.90 Å². The quantitative estimate of drug-likeness (QED) is 0.699. The Bertz CT molecular complexity index is 381. The molecule has 1 rings (SSSR count). The number of pyridine rings is 1. The zero-order valence-electron chi connectivity index (χ0n) is 7.85. The van der Waals surface area contributed by atoms with E-state index in [9.17, 15) is 8.42 Å². The lowest BCUT2D eigenvalue weighted by Gasteiger charge is -2.11. The van der Waals surface area contributed by atoms with Crippen LogP contribution in [0.15, 0.2) is 23.4 Å². The first-order chi connectivity index (χ1) is 5.91. The summed E-state index contributed by atoms with van der Waals surface area (Å²) in [7, 11) is 0.569. The maximum absolute atomic E-state index is 11.0. The molecule has 4 nitrogen and oxygen atoms in total. The highest BCUT2D eigenvalue weighted by Gasteiger charge is 2.07. The minimum absolute atomic E-state index is 0.109. The molecule has 13 heavy (non-hydrogen) atoms. The van der Waals surface area contributed by atoms with Crippen LogP contribution < -0.4 is 4.90 Å². The van der Waals surface area contributed by atoms with Crippen LogP contribution in [0.4, 0.5) is 5.69 Å². The predicted octanol–water partition coefficient (Wildman–Crippen LogP) is 0.551. The molecule has 0 saturated heterocycles. The number of nitrogens with zero attached hydrogens (tertiary/aromatic N) is 2. The second-order valence-electron chi connectivity index (χ2n) is 3.02. The van der Waals surface area contributed by atoms with Crippen molar-refractivity contribution < 1.29 is 8.42 Å². The van der Waals surface area contributed by atoms with Crippen molar-refractivity contribution in [2.75, 3.05) is 25.3 Å². The van der Waals surface area contributed by atoms with Gasteiger partial charge in [0.2, 0.25) is 0 Å². The van der Waals surface area contributed by atoms with Crippen molar-refractivity contribution in [1.29, 1.82) is 0 Å². The van der Waals surface area contributed by atoms with Gasteiger partial charge in [-0.25, -0.2) is 13.4 Å². The van der Waals surface area contributed by atoms with E-state index < -0.39 is 9.84 Å². The van der Waals surface area contributed by atoms with Gasteiger partial charge in [0.15, 0.2) is 14.9 Å². The van der Waals surface area contributed by atoms with Crippen LogP contribution in [-0.2, 0) is 9.84 Å². The Morgan fingerprint density at radius 3 is 2.23 bits per heavy atom. The molecule has 0 radical (unpaired) electrons. The Balaban J connectivity index is 3.08. The first kappa shape index (κ1) is 9.98. The highest BCUT2D eigenvalue weighted by molar-refractivity contribution is 7.90. The van der Waals surface area contributed by atoms with Crippen molar-refractivity contribution in [2.24, 2.45) is 0 Å². The average molecular weight is 200 g/mol. The molecule has 5 heteroatoms. The van der Waals surface area contributed by atoms with Gasteiger partial charge in [0.25, 0.3) is 0 Å². The number of hydrogen-bond donors (Lipinski definition) is 0. The fourth-order valence-electron chi connectivity index (χ4n) is 0.856. The van der Waals surface area contributed by atoms with E-state index in [2.05, 4.69) is 4.98 Å². The summed E-state index contributed by atoms with van der Waals surface area (Å²) < 4.78 is 22.1. The highest BCUT2D eigenvalue weighted by Crippen LogP contribution is 2.11. The topological polar surface area (TPSA) is 50.3 Å². The number of hydrogen-bond acceptors (Lipinski definition) is 4. The Kier molecular flexibility index (Phi) is 2.56. The van der Waals surface area contributed by atoms with Gasteiger partial charge in [0.05, 0.1) is 11.9 Å². The van der Waals surface area contributed by atoms with Gasteiger partial charge in [-0.2, -0.15) is 0 Å². The summed E-state index contributed by atoms with van der Waals surface area (Å²) in [5.74, 6) is 0. The molecule has 1 aromatic rings. The molecule has 0 fully saturated rings. The third-order valence-corrected chi connectivity index (χ3v) is 2.62. The average Bonchev–Trinajstić information content (AvgIpc) is 2.03. The minimum Gasteiger partial charge on any atom is -0.376 e. The molecule has 0 spiro atoms. The Morgan fingerprint density at radius 1 is 1.31 bits per heavy atom. The maximum Gasteiger partial charge on any atom is 0.192 e. The van der Waals surface area contributed by atoms with Crippen LogP contribution in [0, 0.1) is 0 Å². The van der Waals surface area contributed by atoms with E-state index in [0.29, 0.717) is 0 Å². The van der Waals surface area contributed by atoms with Gasteiger partial charge in [0.1, 0.15) is 0 Å². The van der Waals surface area contributed by atoms with E-state index in [4.69, 9.17) is 0 Å². The molecule has 0 aliphatic carbocycles. The maximum atomic E-state index is 11.0. The molecule has 1 aromatic heterocycles. The largest absolute Gasteiger partial charge is 0.376 e. The van der Waals surface area contributed by atoms with E-state index in [1.165, 1.54) is 12.3 Å². The second kappa shape index (κ2) is 3.33. The molecule has 0 saturated carbocycles. The van der Waals surface area contributed by atoms with Crippen LogP contribution in [0.5, 0.6) is 0 Å². The molecule has 0 N–H and O–H groups in total. The summed E-state index contributed by atoms with van der Waals surface area (Å²) in [5.41, 5.74) is 0.882. The van der Waals surface area contributed by atoms with Gasteiger partial charge in [-0.15, -0.1) is 0 Å². The monoisotopic (exact) mass is 200 g/mol. The third-order valence-electron chi connectivity index (χ3n) is 1.62. The fourth-order valence-corrected chi connectivity index (χ4v) is 1.42. The van der Waals surface area contributed by atoms with Crippen LogP contribution in [0.1, 0.15) is 0 Å². The molecule has 0 atom stereocenters. The standard InChI is InChI=1S/C8H12N2O2S/c1-10(2)7-4-5-8(9-6-7)13(3,11)12/h4-6H,1-3H3. The molecule has 0 aliphatic heterocycles. The van der Waals surface area contributed by atoms with E-state index in [1.54, 1.807) is 6.07 Å². The molecule has 0 bridgehead atoms. The highest BCUT2D eigenvalue weighted by atomic mass is 32.2. The molecule has 0 amide bonds. The molecule has 72 valence electrons. The Hall–Kier alpha value is -1.10. The molecule has 0 aliphatic rings. The predicted molar refractivity (Wildman–Crippen MR) is 51.7 cm³/mol. The number of aromatic nitrogens is 1. The van der Waals surface area contributed by atoms with E-state index >= 15 is 0 Å². The normalized spacial score (nSPS) is 11.3. The second-order valence-corrected chi connectivity index (χ2v) is 4.98. The molecule has 0 unspecified atom stereocenters. The molecule has 1 heterocycles. The van der Waals surface area contributed by atoms with Crippen molar-refractivity contribution in [3.63, 3.8) is 0 Å². The van der Waals surface area contributed by atoms with Crippen molar-refractivity contribution in [1.82, 2.24) is 4.98 Å². The minimum atomic E-state index is -3.17. The van der Waals surface area contributed by atoms with Gasteiger partial charge in [-0.05, 0) is 12.1 Å². The van der Waals surface area contributed by atoms with Crippen LogP contribution >= 0.6 is 0 Å². The van der Waals surface area contributed by atoms with Crippen LogP contribution in [0.3, 0.4) is 0 Å². The van der Waals surface area contributed by atoms with Crippen molar-refractivity contribution in [3.05, 3.63) is 18.3 Å². The summed E-state index contributed by atoms with van der Waals surface area (Å²) in [4.78, 5) is 5.70. The summed E-state index contributed by atoms with van der Waals surface area (Å²) in [6.45, 7) is 0. The zero-order chi connectivity index (χ0) is 10.1. The summed E-state index contributed by atoms with van der Waals surface area (Å²) in [6, 6.07) is 3.23. The van der Waals surface area contributed by atoms with Crippen LogP contribution in [0.2, 0.25) is 0 Å². The van der Waals surface area contributed by atoms with E-state index in [0.717, 1.165) is 11.9 Å². The lowest BCUT2D eigenvalue weighted by Crippen LogP contribution is -2.09. The number of sulfone groups is 1. The summed E-state index contributed by atoms with van der Waals surface area (Å²) >= 11 is 0. The molecule has 0 aromatic carbocycles. The van der Waals surface area contributed by atoms with Crippen LogP contribution in [0.25, 0.3) is 0 Å². The molecular formula is C8H12N2O2S. The molecular weight excluding hydrogens is 188 g/mol. The van der Waals surface area contributed by atoms with E-state index in [-0.39, 0.29) is 5.03 Å². The van der Waals surface area contributed by atoms with Gasteiger partial charge in [0, 0.05) is 20.4 Å². The zero-order valence-corrected chi connectivity index (χ0v) is 8.67. The first-order valence-corrected chi connectivity index (χ1v) is 5.64. The summed E-state index contributed by atoms with van der Waals surface area (Å²) in [6.07, 6.45) is 2.68. The lowest BCUT2D eigenvalue weighted by atomic mass is 10.4. The number of anilines is 1. The third kappa shape index (κ3) is 2.42. The van der Waals surface area contributed by atoms with Gasteiger partial charge in [-0.1, -0.05) is 0 Å². The Labute approximate surface area is 78.1 Å². The van der Waals surface area contributed by atoms with E-state index in [1.807, 2.05) is 19.0 Å². The van der Waals surface area contributed by atoms with Crippen LogP contribution in [-0.4, -0.2) is 33.8 Å². The fraction of sp³-hybridized carbons (Fsp3) is 0.375. The lowest BCUT2D eigenvalue weighted by molar-refractivity contribution is 0.598. The number of rotatable bonds is 2. The van der Waals surface area contributed by atoms with Gasteiger partial charge >= 0.3 is 0 Å². The Morgan fingerprint density at radius 2 is 1.92 bits per heavy atom. The smallest absolute Gasteiger partial charge is 0.192 e. The van der Waals surface area contributed by atoms with Crippen molar-refractivity contribution in [3.8, 4) is 0 Å². The summed E-state index contributed by atoms with van der Waals surface area (Å²) in [5, 5.41) is 0.109.